The number of carboxylic acids is 1. The molecule has 0 spiro atoms. The SMILES string of the molecule is CCN(C(=O)C(C)(COC)NC(=O)OCC1c2ccccc2-c2ccccc21)C(C)(C)C(=O)O. The van der Waals surface area contributed by atoms with Crippen molar-refractivity contribution in [1.29, 1.82) is 0 Å². The van der Waals surface area contributed by atoms with Crippen molar-refractivity contribution in [3.05, 3.63) is 59.7 Å². The molecule has 0 saturated heterocycles. The highest BCUT2D eigenvalue weighted by atomic mass is 16.5. The molecule has 34 heavy (non-hydrogen) atoms. The number of alkyl carbamates (subject to hydrolysis) is 1. The highest BCUT2D eigenvalue weighted by Crippen LogP contribution is 2.44. The second-order valence-electron chi connectivity index (χ2n) is 9.13. The minimum Gasteiger partial charge on any atom is -0.480 e. The molecule has 2 aromatic carbocycles. The van der Waals surface area contributed by atoms with Crippen LogP contribution in [0.3, 0.4) is 0 Å². The Morgan fingerprint density at radius 3 is 2.00 bits per heavy atom. The first kappa shape index (κ1) is 25.2. The van der Waals surface area contributed by atoms with Gasteiger partial charge < -0.3 is 24.8 Å². The van der Waals surface area contributed by atoms with Crippen LogP contribution in [0.1, 0.15) is 44.7 Å². The number of hydrogen-bond donors (Lipinski definition) is 2. The molecule has 1 aliphatic carbocycles. The van der Waals surface area contributed by atoms with Gasteiger partial charge >= 0.3 is 12.1 Å². The molecular weight excluding hydrogens is 436 g/mol. The van der Waals surface area contributed by atoms with E-state index >= 15 is 0 Å². The van der Waals surface area contributed by atoms with Crippen LogP contribution in [0, 0.1) is 0 Å². The minimum absolute atomic E-state index is 0.0925. The summed E-state index contributed by atoms with van der Waals surface area (Å²) in [5, 5.41) is 12.2. The molecule has 0 heterocycles. The molecule has 8 nitrogen and oxygen atoms in total. The van der Waals surface area contributed by atoms with Gasteiger partial charge in [-0.25, -0.2) is 9.59 Å². The lowest BCUT2D eigenvalue weighted by Gasteiger charge is -2.40. The predicted molar refractivity (Wildman–Crippen MR) is 128 cm³/mol. The number of carbonyl (C=O) groups is 3. The van der Waals surface area contributed by atoms with Crippen molar-refractivity contribution < 1.29 is 29.0 Å². The maximum Gasteiger partial charge on any atom is 0.408 e. The smallest absolute Gasteiger partial charge is 0.408 e. The van der Waals surface area contributed by atoms with Crippen LogP contribution in [0.5, 0.6) is 0 Å². The van der Waals surface area contributed by atoms with Gasteiger partial charge in [-0.3, -0.25) is 4.79 Å². The van der Waals surface area contributed by atoms with Crippen LogP contribution in [-0.4, -0.2) is 65.9 Å². The number of fused-ring (bicyclic) bond motifs is 3. The zero-order valence-electron chi connectivity index (χ0n) is 20.3. The highest BCUT2D eigenvalue weighted by Gasteiger charge is 2.46. The fraction of sp³-hybridized carbons (Fsp3) is 0.423. The first-order valence-electron chi connectivity index (χ1n) is 11.2. The molecule has 3 rings (SSSR count). The third-order valence-corrected chi connectivity index (χ3v) is 6.39. The van der Waals surface area contributed by atoms with Crippen molar-refractivity contribution in [3.8, 4) is 11.1 Å². The first-order valence-corrected chi connectivity index (χ1v) is 11.2. The van der Waals surface area contributed by atoms with Gasteiger partial charge in [-0.1, -0.05) is 48.5 Å². The number of benzene rings is 2. The number of methoxy groups -OCH3 is 1. The number of hydrogen-bond acceptors (Lipinski definition) is 5. The summed E-state index contributed by atoms with van der Waals surface area (Å²) in [6.45, 7) is 6.15. The number of rotatable bonds is 9. The molecular formula is C26H32N2O6. The highest BCUT2D eigenvalue weighted by molar-refractivity contribution is 5.94. The topological polar surface area (TPSA) is 105 Å². The van der Waals surface area contributed by atoms with Crippen molar-refractivity contribution in [2.45, 2.75) is 44.7 Å². The molecule has 0 bridgehead atoms. The van der Waals surface area contributed by atoms with E-state index in [-0.39, 0.29) is 25.7 Å². The summed E-state index contributed by atoms with van der Waals surface area (Å²) < 4.78 is 10.8. The lowest BCUT2D eigenvalue weighted by molar-refractivity contribution is -0.160. The second-order valence-corrected chi connectivity index (χ2v) is 9.13. The summed E-state index contributed by atoms with van der Waals surface area (Å²) >= 11 is 0. The number of ether oxygens (including phenoxy) is 2. The standard InChI is InChI=1S/C26H32N2O6/c1-6-28(25(2,3)23(30)31)22(29)26(4,16-33-5)27-24(32)34-15-21-19-13-9-7-11-17(19)18-12-8-10-14-20(18)21/h7-14,21H,6,15-16H2,1-5H3,(H,27,32)(H,30,31). The van der Waals surface area contributed by atoms with Gasteiger partial charge in [-0.05, 0) is 49.9 Å². The molecule has 0 aliphatic heterocycles. The van der Waals surface area contributed by atoms with Gasteiger partial charge in [-0.15, -0.1) is 0 Å². The molecule has 2 amide bonds. The number of likely N-dealkylation sites (N-methyl/N-ethyl adjacent to an activating group) is 1. The molecule has 2 aromatic rings. The molecule has 1 unspecified atom stereocenters. The lowest BCUT2D eigenvalue weighted by Crippen LogP contribution is -2.65. The van der Waals surface area contributed by atoms with Crippen LogP contribution >= 0.6 is 0 Å². The van der Waals surface area contributed by atoms with Gasteiger partial charge in [0.1, 0.15) is 17.7 Å². The molecule has 2 N–H and O–H groups in total. The molecule has 1 atom stereocenters. The Labute approximate surface area is 199 Å². The van der Waals surface area contributed by atoms with Crippen molar-refractivity contribution >= 4 is 18.0 Å². The number of carboxylic acid groups (broad SMARTS) is 1. The maximum absolute atomic E-state index is 13.4. The van der Waals surface area contributed by atoms with Crippen LogP contribution in [-0.2, 0) is 19.1 Å². The second kappa shape index (κ2) is 9.85. The number of aliphatic carboxylic acids is 1. The Morgan fingerprint density at radius 1 is 1.00 bits per heavy atom. The molecule has 1 aliphatic rings. The fourth-order valence-corrected chi connectivity index (χ4v) is 4.51. The van der Waals surface area contributed by atoms with E-state index in [4.69, 9.17) is 9.47 Å². The van der Waals surface area contributed by atoms with Gasteiger partial charge in [0.15, 0.2) is 0 Å². The van der Waals surface area contributed by atoms with E-state index < -0.39 is 29.0 Å². The molecule has 0 aromatic heterocycles. The van der Waals surface area contributed by atoms with Crippen LogP contribution in [0.25, 0.3) is 11.1 Å². The maximum atomic E-state index is 13.4. The average molecular weight is 469 g/mol. The van der Waals surface area contributed by atoms with E-state index in [0.29, 0.717) is 0 Å². The number of carbonyl (C=O) groups excluding carboxylic acids is 2. The van der Waals surface area contributed by atoms with Crippen molar-refractivity contribution in [3.63, 3.8) is 0 Å². The summed E-state index contributed by atoms with van der Waals surface area (Å²) in [4.78, 5) is 39.2. The largest absolute Gasteiger partial charge is 0.480 e. The first-order chi connectivity index (χ1) is 16.1. The Bertz CT molecular complexity index is 1040. The van der Waals surface area contributed by atoms with Crippen molar-refractivity contribution in [2.75, 3.05) is 26.9 Å². The van der Waals surface area contributed by atoms with Gasteiger partial charge in [0.2, 0.25) is 0 Å². The third kappa shape index (κ3) is 4.63. The minimum atomic E-state index is -1.51. The van der Waals surface area contributed by atoms with E-state index in [1.165, 1.54) is 32.8 Å². The molecule has 0 radical (unpaired) electrons. The normalized spacial score (nSPS) is 14.5. The van der Waals surface area contributed by atoms with E-state index in [9.17, 15) is 19.5 Å². The van der Waals surface area contributed by atoms with E-state index in [0.717, 1.165) is 22.3 Å². The lowest BCUT2D eigenvalue weighted by atomic mass is 9.95. The van der Waals surface area contributed by atoms with Crippen LogP contribution < -0.4 is 5.32 Å². The zero-order chi connectivity index (χ0) is 25.1. The summed E-state index contributed by atoms with van der Waals surface area (Å²) in [6, 6.07) is 16.0. The Morgan fingerprint density at radius 2 is 1.53 bits per heavy atom. The summed E-state index contributed by atoms with van der Waals surface area (Å²) in [6.07, 6.45) is -0.779. The number of amides is 2. The van der Waals surface area contributed by atoms with Crippen LogP contribution in [0.4, 0.5) is 4.79 Å². The summed E-state index contributed by atoms with van der Waals surface area (Å²) in [5.74, 6) is -1.85. The average Bonchev–Trinajstić information content (AvgIpc) is 3.11. The van der Waals surface area contributed by atoms with Gasteiger partial charge in [-0.2, -0.15) is 0 Å². The van der Waals surface area contributed by atoms with Crippen molar-refractivity contribution in [2.24, 2.45) is 0 Å². The van der Waals surface area contributed by atoms with Gasteiger partial charge in [0.05, 0.1) is 6.61 Å². The molecule has 0 saturated carbocycles. The quantitative estimate of drug-likeness (QED) is 0.582. The van der Waals surface area contributed by atoms with Crippen LogP contribution in [0.2, 0.25) is 0 Å². The Balaban J connectivity index is 1.77. The molecule has 8 heteroatoms. The summed E-state index contributed by atoms with van der Waals surface area (Å²) in [5.41, 5.74) is 1.39. The third-order valence-electron chi connectivity index (χ3n) is 6.39. The van der Waals surface area contributed by atoms with Gasteiger partial charge in [0, 0.05) is 19.6 Å². The number of nitrogens with one attached hydrogen (secondary N) is 1. The monoisotopic (exact) mass is 468 g/mol. The zero-order valence-corrected chi connectivity index (χ0v) is 20.3. The predicted octanol–water partition coefficient (Wildman–Crippen LogP) is 3.64. The molecule has 0 fully saturated rings. The summed E-state index contributed by atoms with van der Waals surface area (Å²) in [7, 11) is 1.41. The van der Waals surface area contributed by atoms with E-state index in [1.807, 2.05) is 48.5 Å². The molecule has 182 valence electrons. The van der Waals surface area contributed by atoms with Crippen LogP contribution in [0.15, 0.2) is 48.5 Å². The van der Waals surface area contributed by atoms with Crippen molar-refractivity contribution in [1.82, 2.24) is 10.2 Å². The van der Waals surface area contributed by atoms with E-state index in [2.05, 4.69) is 5.32 Å². The Kier molecular flexibility index (Phi) is 7.31. The fourth-order valence-electron chi connectivity index (χ4n) is 4.51. The number of nitrogens with zero attached hydrogens (tertiary/aromatic N) is 1. The van der Waals surface area contributed by atoms with E-state index in [1.54, 1.807) is 6.92 Å². The van der Waals surface area contributed by atoms with Gasteiger partial charge in [0.25, 0.3) is 5.91 Å². The Hall–Kier alpha value is -3.39.